The average Bonchev–Trinajstić information content (AvgIpc) is 3.01. The molecule has 0 radical (unpaired) electrons. The number of aliphatic hydroxyl groups excluding tert-OH is 5. The van der Waals surface area contributed by atoms with Crippen LogP contribution in [0.3, 0.4) is 0 Å². The number of phenols is 1. The minimum atomic E-state index is -1.73. The van der Waals surface area contributed by atoms with E-state index in [-0.39, 0.29) is 49.2 Å². The van der Waals surface area contributed by atoms with Crippen molar-refractivity contribution in [2.45, 2.75) is 82.2 Å². The molecule has 0 spiro atoms. The lowest BCUT2D eigenvalue weighted by Gasteiger charge is -2.45. The molecule has 2 fully saturated rings. The first-order valence-electron chi connectivity index (χ1n) is 14.3. The number of hydrogen-bond donors (Lipinski definition) is 6. The third-order valence-electron chi connectivity index (χ3n) is 8.78. The fourth-order valence-corrected chi connectivity index (χ4v) is 6.32. The van der Waals surface area contributed by atoms with Crippen LogP contribution in [0, 0.1) is 6.92 Å². The van der Waals surface area contributed by atoms with E-state index in [9.17, 15) is 40.2 Å². The summed E-state index contributed by atoms with van der Waals surface area (Å²) in [4.78, 5) is 26.4. The normalized spacial score (nSPS) is 32.6. The lowest BCUT2D eigenvalue weighted by atomic mass is 9.95. The molecule has 4 heterocycles. The van der Waals surface area contributed by atoms with Gasteiger partial charge in [-0.3, -0.25) is 0 Å². The second-order valence-corrected chi connectivity index (χ2v) is 11.6. The number of rotatable bonds is 4. The van der Waals surface area contributed by atoms with Crippen LogP contribution in [0.15, 0.2) is 48.8 Å². The third-order valence-corrected chi connectivity index (χ3v) is 8.78. The zero-order chi connectivity index (χ0) is 32.1. The van der Waals surface area contributed by atoms with Gasteiger partial charge < -0.3 is 58.4 Å². The molecule has 2 aliphatic rings. The van der Waals surface area contributed by atoms with E-state index < -0.39 is 78.4 Å². The van der Waals surface area contributed by atoms with Crippen LogP contribution in [0.5, 0.6) is 11.5 Å². The number of hydrogen-bond acceptors (Lipinski definition) is 14. The highest BCUT2D eigenvalue weighted by Gasteiger charge is 2.50. The highest BCUT2D eigenvalue weighted by atomic mass is 16.8. The van der Waals surface area contributed by atoms with E-state index in [1.807, 2.05) is 0 Å². The minimum absolute atomic E-state index is 0.0201. The fraction of sp³-hybridized carbons (Fsp3) is 0.419. The molecule has 0 bridgehead atoms. The number of aliphatic hydroxyl groups is 5. The Hall–Kier alpha value is -3.86. The van der Waals surface area contributed by atoms with E-state index in [0.29, 0.717) is 5.56 Å². The van der Waals surface area contributed by atoms with Crippen molar-refractivity contribution in [2.24, 2.45) is 0 Å². The van der Waals surface area contributed by atoms with Crippen LogP contribution in [-0.4, -0.2) is 92.1 Å². The van der Waals surface area contributed by atoms with E-state index in [2.05, 4.69) is 0 Å². The van der Waals surface area contributed by atoms with Crippen molar-refractivity contribution in [3.8, 4) is 11.5 Å². The summed E-state index contributed by atoms with van der Waals surface area (Å²) in [5.41, 5.74) is -0.962. The van der Waals surface area contributed by atoms with Crippen molar-refractivity contribution in [2.75, 3.05) is 0 Å². The zero-order valence-electron chi connectivity index (χ0n) is 24.1. The second-order valence-electron chi connectivity index (χ2n) is 11.6. The van der Waals surface area contributed by atoms with Crippen LogP contribution in [0.1, 0.15) is 19.4 Å². The molecule has 2 aromatic heterocycles. The summed E-state index contributed by atoms with van der Waals surface area (Å²) in [7, 11) is 0. The quantitative estimate of drug-likeness (QED) is 0.0920. The maximum atomic E-state index is 13.3. The van der Waals surface area contributed by atoms with E-state index >= 15 is 0 Å². The van der Waals surface area contributed by atoms with Gasteiger partial charge in [0.15, 0.2) is 18.0 Å². The first kappa shape index (κ1) is 29.8. The second kappa shape index (κ2) is 10.6. The molecule has 2 saturated heterocycles. The number of aromatic hydroxyl groups is 1. The molecule has 2 aliphatic heterocycles. The van der Waals surface area contributed by atoms with Crippen molar-refractivity contribution in [3.05, 3.63) is 56.7 Å². The molecule has 10 atom stereocenters. The van der Waals surface area contributed by atoms with Crippen molar-refractivity contribution < 1.29 is 58.4 Å². The summed E-state index contributed by atoms with van der Waals surface area (Å²) in [6.07, 6.45) is -14.4. The third kappa shape index (κ3) is 4.40. The molecule has 0 unspecified atom stereocenters. The molecule has 45 heavy (non-hydrogen) atoms. The number of phenolic OH excluding ortho intramolecular Hbond substituents is 1. The maximum absolute atomic E-state index is 13.3. The van der Waals surface area contributed by atoms with Gasteiger partial charge in [-0.2, -0.15) is 0 Å². The largest absolute Gasteiger partial charge is 0.506 e. The molecule has 0 saturated carbocycles. The first-order chi connectivity index (χ1) is 21.4. The highest BCUT2D eigenvalue weighted by Crippen LogP contribution is 2.45. The maximum Gasteiger partial charge on any atom is 0.348 e. The predicted molar refractivity (Wildman–Crippen MR) is 155 cm³/mol. The molecule has 0 amide bonds. The van der Waals surface area contributed by atoms with Gasteiger partial charge >= 0.3 is 11.3 Å². The Bertz CT molecular complexity index is 2050. The highest BCUT2D eigenvalue weighted by molar-refractivity contribution is 6.28. The Morgan fingerprint density at radius 2 is 1.36 bits per heavy atom. The molecule has 238 valence electrons. The standard InChI is InChI=1S/C31H30O14/c1-9-7-8-14-17-15(9)28(38)44-26-16-12(22(34)19(18(17)26)29(39)42-14)5-4-6-13(16)43-31-27(24(36)21(33)11(3)41-31)45-30-25(37)23(35)20(32)10(2)40-30/h4-8,10-11,20-21,23-25,27,30-37H,1-3H3/t10-,11-,20+,21+,23+,24+,25-,27-,30-,31+/m1/s1. The van der Waals surface area contributed by atoms with Crippen LogP contribution in [0.2, 0.25) is 0 Å². The predicted octanol–water partition coefficient (Wildman–Crippen LogP) is 0.716. The first-order valence-corrected chi connectivity index (χ1v) is 14.3. The van der Waals surface area contributed by atoms with Crippen LogP contribution in [0.25, 0.3) is 43.5 Å². The molecule has 14 nitrogen and oxygen atoms in total. The fourth-order valence-electron chi connectivity index (χ4n) is 6.32. The Kier molecular flexibility index (Phi) is 7.03. The van der Waals surface area contributed by atoms with Gasteiger partial charge in [0.25, 0.3) is 0 Å². The molecular formula is C31H30O14. The van der Waals surface area contributed by atoms with Gasteiger partial charge in [0.2, 0.25) is 6.29 Å². The Morgan fingerprint density at radius 1 is 0.689 bits per heavy atom. The number of ether oxygens (including phenoxy) is 4. The summed E-state index contributed by atoms with van der Waals surface area (Å²) < 4.78 is 34.7. The lowest BCUT2D eigenvalue weighted by Crippen LogP contribution is -2.63. The van der Waals surface area contributed by atoms with Gasteiger partial charge in [-0.15, -0.1) is 0 Å². The molecule has 6 N–H and O–H groups in total. The topological polar surface area (TPSA) is 219 Å². The molecular weight excluding hydrogens is 596 g/mol. The summed E-state index contributed by atoms with van der Waals surface area (Å²) in [5.74, 6) is -0.468. The van der Waals surface area contributed by atoms with Crippen LogP contribution >= 0.6 is 0 Å². The van der Waals surface area contributed by atoms with Crippen molar-refractivity contribution in [1.29, 1.82) is 0 Å². The van der Waals surface area contributed by atoms with Crippen molar-refractivity contribution in [3.63, 3.8) is 0 Å². The summed E-state index contributed by atoms with van der Waals surface area (Å²) in [5, 5.41) is 64.5. The monoisotopic (exact) mass is 626 g/mol. The number of fused-ring (bicyclic) bond motifs is 2. The summed E-state index contributed by atoms with van der Waals surface area (Å²) in [6, 6.07) is 7.62. The zero-order valence-corrected chi connectivity index (χ0v) is 24.1. The van der Waals surface area contributed by atoms with Gasteiger partial charge in [-0.1, -0.05) is 18.2 Å². The molecule has 7 rings (SSSR count). The lowest BCUT2D eigenvalue weighted by molar-refractivity contribution is -0.352. The van der Waals surface area contributed by atoms with Gasteiger partial charge in [-0.25, -0.2) is 9.59 Å². The van der Waals surface area contributed by atoms with Crippen LogP contribution in [0.4, 0.5) is 0 Å². The van der Waals surface area contributed by atoms with E-state index in [0.717, 1.165) is 0 Å². The van der Waals surface area contributed by atoms with Gasteiger partial charge in [0.1, 0.15) is 53.0 Å². The molecule has 5 aromatic rings. The van der Waals surface area contributed by atoms with Gasteiger partial charge in [-0.05, 0) is 38.5 Å². The van der Waals surface area contributed by atoms with Crippen molar-refractivity contribution in [1.82, 2.24) is 0 Å². The van der Waals surface area contributed by atoms with Crippen LogP contribution in [-0.2, 0) is 14.2 Å². The Morgan fingerprint density at radius 3 is 2.09 bits per heavy atom. The summed E-state index contributed by atoms with van der Waals surface area (Å²) in [6.45, 7) is 4.63. The molecule has 0 aliphatic carbocycles. The average molecular weight is 627 g/mol. The number of benzene rings is 3. The van der Waals surface area contributed by atoms with E-state index in [1.54, 1.807) is 19.1 Å². The smallest absolute Gasteiger partial charge is 0.348 e. The van der Waals surface area contributed by atoms with Gasteiger partial charge in [0.05, 0.1) is 23.0 Å². The Labute approximate surface area is 252 Å². The van der Waals surface area contributed by atoms with Crippen LogP contribution < -0.4 is 16.0 Å². The Balaban J connectivity index is 1.39. The van der Waals surface area contributed by atoms with E-state index in [4.69, 9.17) is 27.8 Å². The number of aryl methyl sites for hydroxylation is 1. The van der Waals surface area contributed by atoms with E-state index in [1.165, 1.54) is 32.0 Å². The molecule has 3 aromatic carbocycles. The molecule has 14 heteroatoms. The summed E-state index contributed by atoms with van der Waals surface area (Å²) >= 11 is 0. The van der Waals surface area contributed by atoms with Crippen molar-refractivity contribution >= 4 is 43.5 Å². The SMILES string of the molecule is Cc1ccc2oc(=O)c3c(O)c4cccc(O[C@@H]5O[C@H](C)[C@H](O)[C@H](O)[C@H]5O[C@H]5O[C@H](C)[C@H](O)[C@H](O)[C@H]5O)c4c4oc(=O)c1c2c34. The van der Waals surface area contributed by atoms with Gasteiger partial charge in [0, 0.05) is 16.2 Å². The minimum Gasteiger partial charge on any atom is -0.506 e.